The number of likely N-dealkylation sites (N-methyl/N-ethyl adjacent to an activating group) is 2. The van der Waals surface area contributed by atoms with Gasteiger partial charge in [-0.25, -0.2) is 10.3 Å². The van der Waals surface area contributed by atoms with Crippen LogP contribution in [-0.2, 0) is 23.9 Å². The minimum absolute atomic E-state index is 0.113. The maximum Gasteiger partial charge on any atom is 0.279 e. The van der Waals surface area contributed by atoms with E-state index in [2.05, 4.69) is 22.6 Å². The minimum Gasteiger partial charge on any atom is -0.393 e. The second-order valence-electron chi connectivity index (χ2n) is 9.22. The number of ether oxygens (including phenoxy) is 2. The van der Waals surface area contributed by atoms with E-state index >= 15 is 0 Å². The summed E-state index contributed by atoms with van der Waals surface area (Å²) in [6.07, 6.45) is 1.44. The van der Waals surface area contributed by atoms with Crippen LogP contribution in [0.2, 0.25) is 0 Å². The molecule has 1 saturated heterocycles. The molecule has 0 bridgehead atoms. The number of aliphatic hydroxyl groups is 1. The van der Waals surface area contributed by atoms with Crippen molar-refractivity contribution in [2.45, 2.75) is 44.1 Å². The molecular weight excluding hydrogens is 502 g/mol. The average Bonchev–Trinajstić information content (AvgIpc) is 2.99. The van der Waals surface area contributed by atoms with Crippen molar-refractivity contribution >= 4 is 17.7 Å². The molecule has 3 atom stereocenters. The number of carbonyl (C=O) groups excluding carboxylic acids is 3. The first kappa shape index (κ1) is 29.8. The lowest BCUT2D eigenvalue weighted by molar-refractivity contribution is -0.204. The number of nitrogens with one attached hydrogen (secondary N) is 2. The zero-order valence-electron chi connectivity index (χ0n) is 22.7. The maximum absolute atomic E-state index is 13.3. The quantitative estimate of drug-likeness (QED) is 0.253. The van der Waals surface area contributed by atoms with Crippen LogP contribution >= 0.6 is 0 Å². The van der Waals surface area contributed by atoms with Crippen LogP contribution in [0.25, 0.3) is 0 Å². The fourth-order valence-corrected chi connectivity index (χ4v) is 4.01. The largest absolute Gasteiger partial charge is 0.393 e. The van der Waals surface area contributed by atoms with E-state index in [1.54, 1.807) is 24.3 Å². The van der Waals surface area contributed by atoms with Crippen LogP contribution in [0, 0.1) is 11.8 Å². The molecule has 3 rings (SSSR count). The number of methoxy groups -OCH3 is 1. The topological polar surface area (TPSA) is 126 Å². The van der Waals surface area contributed by atoms with Crippen LogP contribution in [-0.4, -0.2) is 74.0 Å². The van der Waals surface area contributed by atoms with Crippen LogP contribution in [0.15, 0.2) is 48.5 Å². The Balaban J connectivity index is 1.70. The van der Waals surface area contributed by atoms with Gasteiger partial charge in [-0.15, -0.1) is 0 Å². The third kappa shape index (κ3) is 7.22. The highest BCUT2D eigenvalue weighted by Gasteiger charge is 2.47. The monoisotopic (exact) mass is 537 g/mol. The molecule has 10 heteroatoms. The minimum atomic E-state index is -1.89. The molecule has 2 aromatic carbocycles. The lowest BCUT2D eigenvalue weighted by Crippen LogP contribution is -2.65. The molecule has 0 radical (unpaired) electrons. The second-order valence-corrected chi connectivity index (χ2v) is 9.22. The summed E-state index contributed by atoms with van der Waals surface area (Å²) in [4.78, 5) is 45.6. The van der Waals surface area contributed by atoms with Crippen molar-refractivity contribution in [1.29, 1.82) is 0 Å². The van der Waals surface area contributed by atoms with Crippen LogP contribution in [0.3, 0.4) is 0 Å². The smallest absolute Gasteiger partial charge is 0.279 e. The Hall–Kier alpha value is -3.75. The molecule has 3 N–H and O–H groups in total. The first-order chi connectivity index (χ1) is 18.7. The van der Waals surface area contributed by atoms with Gasteiger partial charge < -0.3 is 24.8 Å². The Morgan fingerprint density at radius 2 is 1.69 bits per heavy atom. The number of carbonyl (C=O) groups is 3. The predicted molar refractivity (Wildman–Crippen MR) is 143 cm³/mol. The van der Waals surface area contributed by atoms with Crippen molar-refractivity contribution in [3.63, 3.8) is 0 Å². The Morgan fingerprint density at radius 1 is 1.08 bits per heavy atom. The van der Waals surface area contributed by atoms with Gasteiger partial charge in [0, 0.05) is 50.9 Å². The number of amides is 3. The standard InChI is InChI=1S/C29H35N3O7/c1-29(27(35)30-2,28(36)31-39-25-7-5-6-18-38-25)32(3)26(34)23-16-12-21(13-17-23)9-8-20-10-14-22(15-11-20)24(19-33)37-4/h10-17,24-25,33H,5-7,18-19H2,1-4H3,(H,30,35)(H,31,36)/t24?,25?,29-/m0/s1. The molecule has 3 amide bonds. The first-order valence-corrected chi connectivity index (χ1v) is 12.7. The van der Waals surface area contributed by atoms with E-state index < -0.39 is 29.6 Å². The van der Waals surface area contributed by atoms with E-state index in [4.69, 9.17) is 14.3 Å². The summed E-state index contributed by atoms with van der Waals surface area (Å²) in [6.45, 7) is 1.76. The lowest BCUT2D eigenvalue weighted by atomic mass is 9.96. The molecule has 208 valence electrons. The van der Waals surface area contributed by atoms with Crippen molar-refractivity contribution in [2.75, 3.05) is 34.4 Å². The summed E-state index contributed by atoms with van der Waals surface area (Å²) in [5.74, 6) is 4.10. The van der Waals surface area contributed by atoms with Gasteiger partial charge in [-0.3, -0.25) is 14.4 Å². The van der Waals surface area contributed by atoms with Gasteiger partial charge in [0.25, 0.3) is 17.7 Å². The van der Waals surface area contributed by atoms with Crippen LogP contribution < -0.4 is 10.8 Å². The third-order valence-corrected chi connectivity index (χ3v) is 6.72. The molecule has 1 fully saturated rings. The number of aliphatic hydroxyl groups excluding tert-OH is 1. The van der Waals surface area contributed by atoms with Gasteiger partial charge in [-0.05, 0) is 61.7 Å². The van der Waals surface area contributed by atoms with Gasteiger partial charge in [-0.1, -0.05) is 24.0 Å². The maximum atomic E-state index is 13.3. The van der Waals surface area contributed by atoms with Gasteiger partial charge in [0.1, 0.15) is 6.10 Å². The molecular formula is C29H35N3O7. The van der Waals surface area contributed by atoms with E-state index in [0.717, 1.165) is 28.9 Å². The van der Waals surface area contributed by atoms with Crippen molar-refractivity contribution in [3.05, 3.63) is 70.8 Å². The summed E-state index contributed by atoms with van der Waals surface area (Å²) >= 11 is 0. The molecule has 10 nitrogen and oxygen atoms in total. The molecule has 2 aromatic rings. The number of hydrogen-bond donors (Lipinski definition) is 3. The molecule has 2 unspecified atom stereocenters. The summed E-state index contributed by atoms with van der Waals surface area (Å²) in [5, 5.41) is 11.8. The zero-order chi connectivity index (χ0) is 28.4. The van der Waals surface area contributed by atoms with Crippen LogP contribution in [0.4, 0.5) is 0 Å². The van der Waals surface area contributed by atoms with Gasteiger partial charge in [0.2, 0.25) is 0 Å². The first-order valence-electron chi connectivity index (χ1n) is 12.7. The highest BCUT2D eigenvalue weighted by atomic mass is 16.8. The number of benzene rings is 2. The van der Waals surface area contributed by atoms with Crippen LogP contribution in [0.5, 0.6) is 0 Å². The van der Waals surface area contributed by atoms with Gasteiger partial charge in [-0.2, -0.15) is 0 Å². The Kier molecular flexibility index (Phi) is 10.6. The molecule has 0 saturated carbocycles. The van der Waals surface area contributed by atoms with E-state index in [1.165, 1.54) is 28.1 Å². The normalized spacial score (nSPS) is 17.1. The van der Waals surface area contributed by atoms with Crippen molar-refractivity contribution < 1.29 is 33.8 Å². The Morgan fingerprint density at radius 3 is 2.21 bits per heavy atom. The van der Waals surface area contributed by atoms with Crippen molar-refractivity contribution in [3.8, 4) is 11.8 Å². The molecule has 0 aliphatic carbocycles. The fraction of sp³-hybridized carbons (Fsp3) is 0.414. The third-order valence-electron chi connectivity index (χ3n) is 6.72. The zero-order valence-corrected chi connectivity index (χ0v) is 22.7. The van der Waals surface area contributed by atoms with Crippen molar-refractivity contribution in [2.24, 2.45) is 0 Å². The highest BCUT2D eigenvalue weighted by molar-refractivity contribution is 6.12. The Bertz CT molecular complexity index is 1190. The molecule has 0 spiro atoms. The number of hydroxylamine groups is 1. The molecule has 39 heavy (non-hydrogen) atoms. The summed E-state index contributed by atoms with van der Waals surface area (Å²) in [5.41, 5.74) is 3.00. The second kappa shape index (κ2) is 13.9. The molecule has 0 aromatic heterocycles. The Labute approximate surface area is 228 Å². The van der Waals surface area contributed by atoms with E-state index in [9.17, 15) is 19.5 Å². The summed E-state index contributed by atoms with van der Waals surface area (Å²) < 4.78 is 10.7. The van der Waals surface area contributed by atoms with E-state index in [1.807, 2.05) is 24.3 Å². The predicted octanol–water partition coefficient (Wildman–Crippen LogP) is 1.92. The fourth-order valence-electron chi connectivity index (χ4n) is 4.01. The number of nitrogens with zero attached hydrogens (tertiary/aromatic N) is 1. The van der Waals surface area contributed by atoms with Gasteiger partial charge in [0.15, 0.2) is 11.8 Å². The SMILES string of the molecule is CNC(=O)[C@@](C)(C(=O)NOC1CCCCO1)N(C)C(=O)c1ccc(C#Cc2ccc(C(CO)OC)cc2)cc1. The number of hydrogen-bond acceptors (Lipinski definition) is 7. The summed E-state index contributed by atoms with van der Waals surface area (Å²) in [7, 11) is 4.31. The van der Waals surface area contributed by atoms with Crippen molar-refractivity contribution in [1.82, 2.24) is 15.7 Å². The van der Waals surface area contributed by atoms with Crippen LogP contribution in [0.1, 0.15) is 59.3 Å². The van der Waals surface area contributed by atoms with Gasteiger partial charge >= 0.3 is 0 Å². The molecule has 1 heterocycles. The molecule has 1 aliphatic heterocycles. The highest BCUT2D eigenvalue weighted by Crippen LogP contribution is 2.20. The average molecular weight is 538 g/mol. The molecule has 1 aliphatic rings. The number of rotatable bonds is 9. The van der Waals surface area contributed by atoms with E-state index in [0.29, 0.717) is 18.6 Å². The van der Waals surface area contributed by atoms with E-state index in [-0.39, 0.29) is 18.3 Å². The van der Waals surface area contributed by atoms with Gasteiger partial charge in [0.05, 0.1) is 6.61 Å². The summed E-state index contributed by atoms with van der Waals surface area (Å²) in [6, 6.07) is 13.9. The lowest BCUT2D eigenvalue weighted by Gasteiger charge is -2.36.